The van der Waals surface area contributed by atoms with E-state index in [1.165, 1.54) is 0 Å². The first-order valence-corrected chi connectivity index (χ1v) is 9.24. The minimum absolute atomic E-state index is 0.310. The molecule has 0 bridgehead atoms. The Bertz CT molecular complexity index is 561. The zero-order chi connectivity index (χ0) is 16.0. The van der Waals surface area contributed by atoms with E-state index < -0.39 is 8.03 Å². The van der Waals surface area contributed by atoms with E-state index in [9.17, 15) is 9.46 Å². The van der Waals surface area contributed by atoms with Gasteiger partial charge >= 0.3 is 0 Å². The first-order valence-electron chi connectivity index (χ1n) is 7.81. The van der Waals surface area contributed by atoms with Crippen molar-refractivity contribution in [3.63, 3.8) is 0 Å². The van der Waals surface area contributed by atoms with Crippen LogP contribution in [0.3, 0.4) is 0 Å². The third-order valence-electron chi connectivity index (χ3n) is 4.32. The molecule has 0 aliphatic heterocycles. The van der Waals surface area contributed by atoms with E-state index >= 15 is 0 Å². The van der Waals surface area contributed by atoms with Crippen molar-refractivity contribution in [2.24, 2.45) is 0 Å². The van der Waals surface area contributed by atoms with Crippen LogP contribution in [0.2, 0.25) is 0 Å². The molecule has 1 N–H and O–H groups in total. The molecule has 0 fully saturated rings. The Kier molecular flexibility index (Phi) is 5.96. The highest BCUT2D eigenvalue weighted by atomic mass is 31.1. The Hall–Kier alpha value is -1.41. The van der Waals surface area contributed by atoms with Gasteiger partial charge < -0.3 is 4.89 Å². The van der Waals surface area contributed by atoms with Crippen molar-refractivity contribution >= 4 is 19.4 Å². The largest absolute Gasteiger partial charge is 0.342 e. The summed E-state index contributed by atoms with van der Waals surface area (Å²) in [5.74, 6) is -0.310. The topological polar surface area (TPSA) is 37.3 Å². The maximum Gasteiger partial charge on any atom is 0.245 e. The number of para-hydroxylation sites is 2. The van der Waals surface area contributed by atoms with Crippen LogP contribution < -0.4 is 4.48 Å². The molecule has 0 spiro atoms. The van der Waals surface area contributed by atoms with Gasteiger partial charge in [0, 0.05) is 6.42 Å². The second kappa shape index (κ2) is 7.73. The van der Waals surface area contributed by atoms with E-state index in [0.29, 0.717) is 4.48 Å². The van der Waals surface area contributed by atoms with E-state index in [4.69, 9.17) is 0 Å². The van der Waals surface area contributed by atoms with Gasteiger partial charge in [-0.3, -0.25) is 9.05 Å². The highest BCUT2D eigenvalue weighted by Gasteiger charge is 2.40. The van der Waals surface area contributed by atoms with Crippen molar-refractivity contribution in [2.75, 3.05) is 7.05 Å². The number of unbranched alkanes of at least 4 members (excludes halogenated alkanes) is 1. The average Bonchev–Trinajstić information content (AvgIpc) is 2.56. The molecular weight excluding hydrogens is 293 g/mol. The lowest BCUT2D eigenvalue weighted by molar-refractivity contribution is 0.360. The van der Waals surface area contributed by atoms with Crippen LogP contribution >= 0.6 is 8.03 Å². The lowest BCUT2D eigenvalue weighted by Gasteiger charge is -2.39. The van der Waals surface area contributed by atoms with Crippen molar-refractivity contribution in [1.82, 2.24) is 4.48 Å². The molecule has 0 radical (unpaired) electrons. The van der Waals surface area contributed by atoms with Crippen LogP contribution in [0.1, 0.15) is 26.2 Å². The number of benzene rings is 2. The summed E-state index contributed by atoms with van der Waals surface area (Å²) in [5, 5.41) is 0. The highest BCUT2D eigenvalue weighted by molar-refractivity contribution is 7.39. The summed E-state index contributed by atoms with van der Waals surface area (Å²) < 4.78 is 12.5. The van der Waals surface area contributed by atoms with Crippen LogP contribution in [0, 0.1) is 0 Å². The number of hydrogen-bond donors (Lipinski definition) is 1. The first kappa shape index (κ1) is 17.0. The quantitative estimate of drug-likeness (QED) is 0.580. The van der Waals surface area contributed by atoms with Crippen LogP contribution in [0.5, 0.6) is 0 Å². The molecule has 2 aromatic carbocycles. The van der Waals surface area contributed by atoms with E-state index in [1.807, 2.05) is 67.7 Å². The van der Waals surface area contributed by atoms with Crippen LogP contribution in [-0.4, -0.2) is 17.7 Å². The van der Waals surface area contributed by atoms with E-state index in [1.54, 1.807) is 0 Å². The van der Waals surface area contributed by atoms with Gasteiger partial charge in [0.1, 0.15) is 11.4 Å². The summed E-state index contributed by atoms with van der Waals surface area (Å²) in [6, 6.07) is 20.0. The molecule has 0 aliphatic carbocycles. The standard InChI is InChI=1S/C18H24NO2P/c1-3-4-15-18(22(20)21)19(2,16-11-7-5-8-12-16)17-13-9-6-10-14-17/h5-14,18,22H,3-4,15H2,1-2H3/p+1. The third-order valence-corrected chi connectivity index (χ3v) is 5.70. The Morgan fingerprint density at radius 1 is 1.00 bits per heavy atom. The first-order chi connectivity index (χ1) is 10.6. The minimum atomic E-state index is -2.67. The number of rotatable bonds is 7. The van der Waals surface area contributed by atoms with Gasteiger partial charge in [0.05, 0.1) is 7.05 Å². The fourth-order valence-electron chi connectivity index (χ4n) is 2.98. The molecule has 4 heteroatoms. The minimum Gasteiger partial charge on any atom is -0.342 e. The van der Waals surface area contributed by atoms with Gasteiger partial charge in [-0.1, -0.05) is 49.7 Å². The molecule has 0 aromatic heterocycles. The molecule has 22 heavy (non-hydrogen) atoms. The van der Waals surface area contributed by atoms with Gasteiger partial charge in [0.2, 0.25) is 8.03 Å². The summed E-state index contributed by atoms with van der Waals surface area (Å²) in [5.41, 5.74) is 2.09. The second-order valence-electron chi connectivity index (χ2n) is 5.74. The number of nitrogens with zero attached hydrogens (tertiary/aromatic N) is 1. The van der Waals surface area contributed by atoms with Gasteiger partial charge in [-0.25, -0.2) is 0 Å². The lowest BCUT2D eigenvalue weighted by Crippen LogP contribution is -2.47. The van der Waals surface area contributed by atoms with Gasteiger partial charge in [-0.05, 0) is 30.7 Å². The molecule has 0 heterocycles. The predicted molar refractivity (Wildman–Crippen MR) is 94.8 cm³/mol. The molecule has 2 atom stereocenters. The molecule has 0 amide bonds. The third kappa shape index (κ3) is 3.49. The van der Waals surface area contributed by atoms with E-state index in [-0.39, 0.29) is 5.78 Å². The van der Waals surface area contributed by atoms with Crippen molar-refractivity contribution in [3.8, 4) is 0 Å². The summed E-state index contributed by atoms with van der Waals surface area (Å²) in [6.07, 6.45) is 2.72. The molecule has 0 saturated heterocycles. The van der Waals surface area contributed by atoms with Crippen LogP contribution in [0.4, 0.5) is 11.4 Å². The highest BCUT2D eigenvalue weighted by Crippen LogP contribution is 2.44. The van der Waals surface area contributed by atoms with Crippen molar-refractivity contribution < 1.29 is 9.46 Å². The maximum atomic E-state index is 12.2. The van der Waals surface area contributed by atoms with E-state index in [2.05, 4.69) is 6.92 Å². The van der Waals surface area contributed by atoms with Crippen molar-refractivity contribution in [1.29, 1.82) is 0 Å². The summed E-state index contributed by atoms with van der Waals surface area (Å²) in [4.78, 5) is 10.0. The normalized spacial score (nSPS) is 14.5. The van der Waals surface area contributed by atoms with Gasteiger partial charge in [0.15, 0.2) is 5.78 Å². The Morgan fingerprint density at radius 3 is 1.82 bits per heavy atom. The lowest BCUT2D eigenvalue weighted by atomic mass is 10.1. The SMILES string of the molecule is CCCCC([PH](=O)O)[N+](C)(c1ccccc1)c1ccccc1. The molecule has 0 saturated carbocycles. The Balaban J connectivity index is 2.56. The molecule has 2 aromatic rings. The van der Waals surface area contributed by atoms with Gasteiger partial charge in [-0.15, -0.1) is 0 Å². The molecular formula is C18H25NO2P+. The maximum absolute atomic E-state index is 12.2. The average molecular weight is 318 g/mol. The van der Waals surface area contributed by atoms with Crippen molar-refractivity contribution in [2.45, 2.75) is 32.0 Å². The Morgan fingerprint density at radius 2 is 1.45 bits per heavy atom. The number of quaternary nitrogens is 1. The van der Waals surface area contributed by atoms with E-state index in [0.717, 1.165) is 30.6 Å². The fourth-order valence-corrected chi connectivity index (χ4v) is 4.18. The summed E-state index contributed by atoms with van der Waals surface area (Å²) in [6.45, 7) is 2.11. The zero-order valence-corrected chi connectivity index (χ0v) is 14.3. The van der Waals surface area contributed by atoms with Crippen LogP contribution in [0.25, 0.3) is 0 Å². The number of hydrogen-bond acceptors (Lipinski definition) is 1. The molecule has 3 nitrogen and oxygen atoms in total. The van der Waals surface area contributed by atoms with Gasteiger partial charge in [-0.2, -0.15) is 0 Å². The molecule has 0 aliphatic rings. The fraction of sp³-hybridized carbons (Fsp3) is 0.333. The molecule has 2 unspecified atom stereocenters. The van der Waals surface area contributed by atoms with Gasteiger partial charge in [0.25, 0.3) is 0 Å². The Labute approximate surface area is 133 Å². The monoisotopic (exact) mass is 318 g/mol. The predicted octanol–water partition coefficient (Wildman–Crippen LogP) is 4.94. The molecule has 2 rings (SSSR count). The second-order valence-corrected chi connectivity index (χ2v) is 7.09. The molecule has 118 valence electrons. The van der Waals surface area contributed by atoms with Crippen LogP contribution in [0.15, 0.2) is 60.7 Å². The summed E-state index contributed by atoms with van der Waals surface area (Å²) >= 11 is 0. The van der Waals surface area contributed by atoms with Crippen LogP contribution in [-0.2, 0) is 4.57 Å². The smallest absolute Gasteiger partial charge is 0.245 e. The zero-order valence-electron chi connectivity index (χ0n) is 13.3. The summed E-state index contributed by atoms with van der Waals surface area (Å²) in [7, 11) is -0.629. The van der Waals surface area contributed by atoms with Crippen molar-refractivity contribution in [3.05, 3.63) is 60.7 Å².